The van der Waals surface area contributed by atoms with Gasteiger partial charge in [0, 0.05) is 5.69 Å². The molecule has 0 aliphatic carbocycles. The third kappa shape index (κ3) is 5.32. The monoisotopic (exact) mass is 428 g/mol. The summed E-state index contributed by atoms with van der Waals surface area (Å²) in [5, 5.41) is 12.0. The summed E-state index contributed by atoms with van der Waals surface area (Å²) in [4.78, 5) is 13.9. The Balaban J connectivity index is 1.39. The lowest BCUT2D eigenvalue weighted by atomic mass is 10.1. The molecule has 6 heteroatoms. The van der Waals surface area contributed by atoms with Crippen molar-refractivity contribution in [3.05, 3.63) is 77.9 Å². The second kappa shape index (κ2) is 10.1. The lowest BCUT2D eigenvalue weighted by molar-refractivity contribution is -0.118. The van der Waals surface area contributed by atoms with Crippen LogP contribution in [0.4, 0.5) is 5.69 Å². The van der Waals surface area contributed by atoms with Gasteiger partial charge in [0.15, 0.2) is 6.61 Å². The summed E-state index contributed by atoms with van der Waals surface area (Å²) in [7, 11) is 0. The minimum atomic E-state index is -0.223. The van der Waals surface area contributed by atoms with E-state index in [2.05, 4.69) is 41.5 Å². The number of unbranched alkanes of at least 4 members (excludes halogenated alkanes) is 1. The highest BCUT2D eigenvalue weighted by Gasteiger charge is 2.09. The Bertz CT molecular complexity index is 1180. The van der Waals surface area contributed by atoms with Gasteiger partial charge in [-0.15, -0.1) is 10.2 Å². The smallest absolute Gasteiger partial charge is 0.262 e. The van der Waals surface area contributed by atoms with Gasteiger partial charge in [-0.25, -0.2) is 0 Å². The first-order valence-corrected chi connectivity index (χ1v) is 11.1. The van der Waals surface area contributed by atoms with Gasteiger partial charge >= 0.3 is 0 Å². The molecule has 1 heterocycles. The van der Waals surface area contributed by atoms with Crippen LogP contribution in [0.25, 0.3) is 16.7 Å². The number of nitrogens with zero attached hydrogens (tertiary/aromatic N) is 3. The van der Waals surface area contributed by atoms with E-state index < -0.39 is 0 Å². The molecule has 0 unspecified atom stereocenters. The lowest BCUT2D eigenvalue weighted by Crippen LogP contribution is -2.20. The van der Waals surface area contributed by atoms with Gasteiger partial charge in [-0.1, -0.05) is 44.5 Å². The average molecular weight is 429 g/mol. The molecule has 0 spiro atoms. The second-order valence-electron chi connectivity index (χ2n) is 7.80. The fourth-order valence-corrected chi connectivity index (χ4v) is 3.45. The van der Waals surface area contributed by atoms with Gasteiger partial charge in [0.1, 0.15) is 16.8 Å². The van der Waals surface area contributed by atoms with Crippen LogP contribution in [0.15, 0.2) is 66.7 Å². The number of carbonyl (C=O) groups excluding carboxylic acids is 1. The Morgan fingerprint density at radius 3 is 2.34 bits per heavy atom. The number of rotatable bonds is 9. The van der Waals surface area contributed by atoms with E-state index in [1.165, 1.54) is 24.0 Å². The van der Waals surface area contributed by atoms with Crippen molar-refractivity contribution in [3.8, 4) is 11.4 Å². The fourth-order valence-electron chi connectivity index (χ4n) is 3.45. The molecule has 4 rings (SSSR count). The van der Waals surface area contributed by atoms with E-state index in [1.807, 2.05) is 54.6 Å². The number of hydrogen-bond acceptors (Lipinski definition) is 4. The van der Waals surface area contributed by atoms with E-state index in [-0.39, 0.29) is 12.5 Å². The van der Waals surface area contributed by atoms with E-state index in [0.717, 1.165) is 24.0 Å². The van der Waals surface area contributed by atoms with Crippen molar-refractivity contribution >= 4 is 22.6 Å². The molecule has 0 fully saturated rings. The molecule has 0 saturated heterocycles. The molecule has 1 N–H and O–H groups in total. The number of benzene rings is 3. The molecule has 4 aromatic rings. The molecule has 0 radical (unpaired) electrons. The van der Waals surface area contributed by atoms with Crippen molar-refractivity contribution in [1.82, 2.24) is 15.0 Å². The number of amides is 1. The van der Waals surface area contributed by atoms with Crippen molar-refractivity contribution < 1.29 is 9.53 Å². The Kier molecular flexibility index (Phi) is 6.80. The first-order valence-electron chi connectivity index (χ1n) is 11.1. The molecule has 0 atom stereocenters. The first-order chi connectivity index (χ1) is 15.6. The van der Waals surface area contributed by atoms with E-state index in [4.69, 9.17) is 4.74 Å². The van der Waals surface area contributed by atoms with Crippen LogP contribution < -0.4 is 10.1 Å². The third-order valence-corrected chi connectivity index (χ3v) is 5.35. The Morgan fingerprint density at radius 1 is 0.906 bits per heavy atom. The van der Waals surface area contributed by atoms with Gasteiger partial charge in [0.2, 0.25) is 0 Å². The summed E-state index contributed by atoms with van der Waals surface area (Å²) in [5.74, 6) is 0.454. The summed E-state index contributed by atoms with van der Waals surface area (Å²) in [6.07, 6.45) is 4.43. The van der Waals surface area contributed by atoms with Gasteiger partial charge in [0.05, 0.1) is 5.69 Å². The summed E-state index contributed by atoms with van der Waals surface area (Å²) in [6.45, 7) is 4.24. The number of fused-ring (bicyclic) bond motifs is 1. The maximum atomic E-state index is 12.3. The van der Waals surface area contributed by atoms with Crippen LogP contribution in [0.5, 0.6) is 5.75 Å². The predicted molar refractivity (Wildman–Crippen MR) is 127 cm³/mol. The largest absolute Gasteiger partial charge is 0.484 e. The Morgan fingerprint density at radius 2 is 1.62 bits per heavy atom. The summed E-state index contributed by atoms with van der Waals surface area (Å²) in [5.41, 5.74) is 5.61. The van der Waals surface area contributed by atoms with Crippen molar-refractivity contribution in [2.24, 2.45) is 0 Å². The zero-order valence-corrected chi connectivity index (χ0v) is 18.5. The van der Waals surface area contributed by atoms with Crippen molar-refractivity contribution in [2.75, 3.05) is 11.9 Å². The molecule has 0 aliphatic rings. The maximum Gasteiger partial charge on any atom is 0.262 e. The van der Waals surface area contributed by atoms with Crippen molar-refractivity contribution in [1.29, 1.82) is 0 Å². The van der Waals surface area contributed by atoms with Crippen molar-refractivity contribution in [2.45, 2.75) is 39.5 Å². The number of hydrogen-bond donors (Lipinski definition) is 1. The standard InChI is InChI=1S/C26H28N4O2/c1-3-5-6-20-7-12-22(13-8-20)30-28-24-16-11-21(17-25(24)29-30)27-26(31)18-32-23-14-9-19(4-2)10-15-23/h7-17H,3-6,18H2,1-2H3,(H,27,31). The lowest BCUT2D eigenvalue weighted by Gasteiger charge is -2.08. The van der Waals surface area contributed by atoms with Crippen LogP contribution in [0.2, 0.25) is 0 Å². The number of anilines is 1. The zero-order valence-electron chi connectivity index (χ0n) is 18.5. The summed E-state index contributed by atoms with van der Waals surface area (Å²) < 4.78 is 5.58. The normalized spacial score (nSPS) is 10.9. The predicted octanol–water partition coefficient (Wildman–Crippen LogP) is 5.34. The number of nitrogens with one attached hydrogen (secondary N) is 1. The van der Waals surface area contributed by atoms with Crippen LogP contribution in [-0.2, 0) is 17.6 Å². The van der Waals surface area contributed by atoms with Crippen LogP contribution >= 0.6 is 0 Å². The van der Waals surface area contributed by atoms with Gasteiger partial charge < -0.3 is 10.1 Å². The molecule has 0 aliphatic heterocycles. The number of ether oxygens (including phenoxy) is 1. The second-order valence-corrected chi connectivity index (χ2v) is 7.80. The van der Waals surface area contributed by atoms with Crippen LogP contribution in [0.3, 0.4) is 0 Å². The summed E-state index contributed by atoms with van der Waals surface area (Å²) >= 11 is 0. The zero-order chi connectivity index (χ0) is 22.3. The highest BCUT2D eigenvalue weighted by atomic mass is 16.5. The topological polar surface area (TPSA) is 69.0 Å². The molecule has 32 heavy (non-hydrogen) atoms. The molecule has 1 aromatic heterocycles. The van der Waals surface area contributed by atoms with Crippen LogP contribution in [0.1, 0.15) is 37.8 Å². The van der Waals surface area contributed by atoms with Crippen molar-refractivity contribution in [3.63, 3.8) is 0 Å². The highest BCUT2D eigenvalue weighted by molar-refractivity contribution is 5.93. The molecule has 0 saturated carbocycles. The molecule has 1 amide bonds. The minimum Gasteiger partial charge on any atom is -0.484 e. The Hall–Kier alpha value is -3.67. The minimum absolute atomic E-state index is 0.0550. The molecular weight excluding hydrogens is 400 g/mol. The van der Waals surface area contributed by atoms with Gasteiger partial charge in [0.25, 0.3) is 5.91 Å². The van der Waals surface area contributed by atoms with E-state index in [0.29, 0.717) is 17.0 Å². The molecule has 0 bridgehead atoms. The quantitative estimate of drug-likeness (QED) is 0.391. The van der Waals surface area contributed by atoms with E-state index >= 15 is 0 Å². The van der Waals surface area contributed by atoms with E-state index in [1.54, 1.807) is 4.80 Å². The highest BCUT2D eigenvalue weighted by Crippen LogP contribution is 2.19. The van der Waals surface area contributed by atoms with Crippen LogP contribution in [-0.4, -0.2) is 27.5 Å². The number of aryl methyl sites for hydroxylation is 2. The SMILES string of the molecule is CCCCc1ccc(-n2nc3ccc(NC(=O)COc4ccc(CC)cc4)cc3n2)cc1. The van der Waals surface area contributed by atoms with Gasteiger partial charge in [-0.3, -0.25) is 4.79 Å². The third-order valence-electron chi connectivity index (χ3n) is 5.35. The van der Waals surface area contributed by atoms with Crippen LogP contribution in [0, 0.1) is 0 Å². The summed E-state index contributed by atoms with van der Waals surface area (Å²) in [6, 6.07) is 21.6. The molecular formula is C26H28N4O2. The Labute approximate surface area is 188 Å². The molecule has 3 aromatic carbocycles. The maximum absolute atomic E-state index is 12.3. The average Bonchev–Trinajstić information content (AvgIpc) is 3.25. The fraction of sp³-hybridized carbons (Fsp3) is 0.269. The van der Waals surface area contributed by atoms with E-state index in [9.17, 15) is 4.79 Å². The number of carbonyl (C=O) groups is 1. The number of aromatic nitrogens is 3. The van der Waals surface area contributed by atoms with Gasteiger partial charge in [-0.05, 0) is 72.9 Å². The van der Waals surface area contributed by atoms with Gasteiger partial charge in [-0.2, -0.15) is 4.80 Å². The molecule has 164 valence electrons. The molecule has 6 nitrogen and oxygen atoms in total. The first kappa shape index (κ1) is 21.6.